The van der Waals surface area contributed by atoms with Gasteiger partial charge in [-0.25, -0.2) is 0 Å². The number of rotatable bonds is 5. The normalized spacial score (nSPS) is 14.7. The summed E-state index contributed by atoms with van der Waals surface area (Å²) < 4.78 is 0. The number of amides is 1. The van der Waals surface area contributed by atoms with E-state index in [1.807, 2.05) is 14.1 Å². The van der Waals surface area contributed by atoms with Crippen LogP contribution in [-0.4, -0.2) is 30.9 Å². The highest BCUT2D eigenvalue weighted by molar-refractivity contribution is 6.27. The van der Waals surface area contributed by atoms with Gasteiger partial charge >= 0.3 is 0 Å². The van der Waals surface area contributed by atoms with Crippen molar-refractivity contribution in [3.8, 4) is 0 Å². The minimum atomic E-state index is -0.435. The number of halogens is 1. The second-order valence-corrected chi connectivity index (χ2v) is 3.45. The van der Waals surface area contributed by atoms with Gasteiger partial charge in [0.1, 0.15) is 0 Å². The van der Waals surface area contributed by atoms with Crippen LogP contribution in [0.4, 0.5) is 0 Å². The van der Waals surface area contributed by atoms with Gasteiger partial charge in [-0.2, -0.15) is 0 Å². The van der Waals surface area contributed by atoms with Crippen LogP contribution in [0.2, 0.25) is 0 Å². The lowest BCUT2D eigenvalue weighted by Crippen LogP contribution is -2.29. The second-order valence-electron chi connectivity index (χ2n) is 3.23. The maximum absolute atomic E-state index is 10.9. The first kappa shape index (κ1) is 12.5. The van der Waals surface area contributed by atoms with Crippen molar-refractivity contribution in [2.45, 2.75) is 25.8 Å². The van der Waals surface area contributed by atoms with Gasteiger partial charge in [-0.15, -0.1) is 0 Å². The summed E-state index contributed by atoms with van der Waals surface area (Å²) >= 11 is 5.49. The van der Waals surface area contributed by atoms with E-state index in [9.17, 15) is 4.79 Å². The van der Waals surface area contributed by atoms with E-state index in [0.29, 0.717) is 18.0 Å². The second kappa shape index (κ2) is 6.00. The third-order valence-corrected chi connectivity index (χ3v) is 2.37. The van der Waals surface area contributed by atoms with Gasteiger partial charge in [0, 0.05) is 17.2 Å². The lowest BCUT2D eigenvalue weighted by molar-refractivity contribution is -0.114. The molecule has 0 saturated heterocycles. The Hall–Kier alpha value is -0.540. The molecule has 3 nitrogen and oxygen atoms in total. The average Bonchev–Trinajstić information content (AvgIpc) is 2.05. The molecular formula is C9H17ClN2O. The summed E-state index contributed by atoms with van der Waals surface area (Å²) in [5.74, 6) is -0.435. The van der Waals surface area contributed by atoms with Crippen LogP contribution < -0.4 is 5.73 Å². The maximum Gasteiger partial charge on any atom is 0.245 e. The van der Waals surface area contributed by atoms with E-state index >= 15 is 0 Å². The quantitative estimate of drug-likeness (QED) is 0.687. The molecule has 0 bridgehead atoms. The van der Waals surface area contributed by atoms with Crippen LogP contribution in [0.1, 0.15) is 19.8 Å². The molecule has 0 aliphatic rings. The highest BCUT2D eigenvalue weighted by Crippen LogP contribution is 2.12. The third kappa shape index (κ3) is 4.29. The van der Waals surface area contributed by atoms with E-state index < -0.39 is 5.91 Å². The smallest absolute Gasteiger partial charge is 0.245 e. The number of nitrogens with zero attached hydrogens (tertiary/aromatic N) is 1. The minimum Gasteiger partial charge on any atom is -0.366 e. The van der Waals surface area contributed by atoms with E-state index in [0.717, 1.165) is 6.42 Å². The lowest BCUT2D eigenvalue weighted by atomic mass is 10.0. The molecule has 76 valence electrons. The van der Waals surface area contributed by atoms with Gasteiger partial charge in [-0.05, 0) is 26.9 Å². The summed E-state index contributed by atoms with van der Waals surface area (Å²) in [6.07, 6.45) is 1.58. The van der Waals surface area contributed by atoms with Crippen molar-refractivity contribution in [2.75, 3.05) is 14.1 Å². The molecule has 4 heteroatoms. The number of nitrogens with two attached hydrogens (primary N) is 1. The van der Waals surface area contributed by atoms with E-state index in [4.69, 9.17) is 17.3 Å². The molecule has 13 heavy (non-hydrogen) atoms. The molecule has 0 heterocycles. The monoisotopic (exact) mass is 204 g/mol. The Labute approximate surface area is 84.5 Å². The van der Waals surface area contributed by atoms with E-state index in [2.05, 4.69) is 11.8 Å². The molecular weight excluding hydrogens is 188 g/mol. The molecule has 0 radical (unpaired) electrons. The summed E-state index contributed by atoms with van der Waals surface area (Å²) in [4.78, 5) is 12.9. The van der Waals surface area contributed by atoms with Crippen LogP contribution in [0.3, 0.4) is 0 Å². The van der Waals surface area contributed by atoms with Crippen molar-refractivity contribution in [3.05, 3.63) is 11.1 Å². The fourth-order valence-corrected chi connectivity index (χ4v) is 1.34. The van der Waals surface area contributed by atoms with Crippen LogP contribution in [0.5, 0.6) is 0 Å². The predicted octanol–water partition coefficient (Wildman–Crippen LogP) is 1.32. The molecule has 0 saturated carbocycles. The van der Waals surface area contributed by atoms with Crippen molar-refractivity contribution in [1.82, 2.24) is 4.90 Å². The lowest BCUT2D eigenvalue weighted by Gasteiger charge is -2.22. The molecule has 0 fully saturated rings. The van der Waals surface area contributed by atoms with Gasteiger partial charge in [0.15, 0.2) is 0 Å². The van der Waals surface area contributed by atoms with Gasteiger partial charge in [0.25, 0.3) is 0 Å². The van der Waals surface area contributed by atoms with Gasteiger partial charge in [0.05, 0.1) is 0 Å². The van der Waals surface area contributed by atoms with Crippen molar-refractivity contribution in [1.29, 1.82) is 0 Å². The zero-order chi connectivity index (χ0) is 10.4. The third-order valence-electron chi connectivity index (χ3n) is 2.11. The molecule has 0 aromatic carbocycles. The van der Waals surface area contributed by atoms with Crippen LogP contribution in [0.15, 0.2) is 11.1 Å². The Bertz CT molecular complexity index is 202. The fraction of sp³-hybridized carbons (Fsp3) is 0.667. The van der Waals surface area contributed by atoms with Gasteiger partial charge in [0.2, 0.25) is 5.91 Å². The van der Waals surface area contributed by atoms with Gasteiger partial charge in [-0.1, -0.05) is 18.5 Å². The largest absolute Gasteiger partial charge is 0.366 e. The molecule has 0 aliphatic heterocycles. The molecule has 1 atom stereocenters. The topological polar surface area (TPSA) is 46.3 Å². The Balaban J connectivity index is 4.29. The first-order chi connectivity index (χ1) is 6.02. The van der Waals surface area contributed by atoms with Crippen molar-refractivity contribution >= 4 is 17.5 Å². The predicted molar refractivity (Wildman–Crippen MR) is 55.5 cm³/mol. The molecule has 1 amide bonds. The Kier molecular flexibility index (Phi) is 5.75. The van der Waals surface area contributed by atoms with E-state index in [1.54, 1.807) is 0 Å². The molecule has 0 aliphatic carbocycles. The fourth-order valence-electron chi connectivity index (χ4n) is 1.14. The van der Waals surface area contributed by atoms with Crippen LogP contribution in [0.25, 0.3) is 0 Å². The Morgan fingerprint density at radius 1 is 1.62 bits per heavy atom. The number of primary amides is 1. The maximum atomic E-state index is 10.9. The molecule has 0 rings (SSSR count). The molecule has 0 spiro atoms. The first-order valence-electron chi connectivity index (χ1n) is 4.28. The highest BCUT2D eigenvalue weighted by atomic mass is 35.5. The van der Waals surface area contributed by atoms with Crippen molar-refractivity contribution in [3.63, 3.8) is 0 Å². The van der Waals surface area contributed by atoms with E-state index in [-0.39, 0.29) is 0 Å². The van der Waals surface area contributed by atoms with Gasteiger partial charge < -0.3 is 10.6 Å². The molecule has 0 aromatic rings. The first-order valence-corrected chi connectivity index (χ1v) is 4.72. The SMILES string of the molecule is CCC(C/C(=C/Cl)C(N)=O)N(C)C. The van der Waals surface area contributed by atoms with Gasteiger partial charge in [-0.3, -0.25) is 4.79 Å². The summed E-state index contributed by atoms with van der Waals surface area (Å²) in [5, 5.41) is 0. The van der Waals surface area contributed by atoms with Crippen LogP contribution >= 0.6 is 11.6 Å². The summed E-state index contributed by atoms with van der Waals surface area (Å²) in [5.41, 5.74) is 6.90. The summed E-state index contributed by atoms with van der Waals surface area (Å²) in [6, 6.07) is 0.317. The molecule has 1 unspecified atom stereocenters. The number of hydrogen-bond donors (Lipinski definition) is 1. The minimum absolute atomic E-state index is 0.317. The number of hydrogen-bond acceptors (Lipinski definition) is 2. The zero-order valence-corrected chi connectivity index (χ0v) is 9.14. The van der Waals surface area contributed by atoms with Crippen molar-refractivity contribution in [2.24, 2.45) is 5.73 Å². The Morgan fingerprint density at radius 3 is 2.38 bits per heavy atom. The summed E-state index contributed by atoms with van der Waals surface area (Å²) in [6.45, 7) is 2.07. The number of carbonyl (C=O) groups is 1. The Morgan fingerprint density at radius 2 is 2.15 bits per heavy atom. The van der Waals surface area contributed by atoms with Crippen molar-refractivity contribution < 1.29 is 4.79 Å². The van der Waals surface area contributed by atoms with Crippen LogP contribution in [-0.2, 0) is 4.79 Å². The van der Waals surface area contributed by atoms with E-state index in [1.165, 1.54) is 5.54 Å². The summed E-state index contributed by atoms with van der Waals surface area (Å²) in [7, 11) is 3.95. The van der Waals surface area contributed by atoms with Crippen LogP contribution in [0, 0.1) is 0 Å². The zero-order valence-electron chi connectivity index (χ0n) is 8.38. The highest BCUT2D eigenvalue weighted by Gasteiger charge is 2.14. The number of carbonyl (C=O) groups excluding carboxylic acids is 1. The standard InChI is InChI=1S/C9H17ClN2O/c1-4-8(12(2)3)5-7(6-10)9(11)13/h6,8H,4-5H2,1-3H3,(H2,11,13)/b7-6-. The molecule has 2 N–H and O–H groups in total. The molecule has 0 aromatic heterocycles. The average molecular weight is 205 g/mol.